The summed E-state index contributed by atoms with van der Waals surface area (Å²) in [5, 5.41) is 6.72. The van der Waals surface area contributed by atoms with Crippen LogP contribution in [0.1, 0.15) is 0 Å². The topological polar surface area (TPSA) is 48.3 Å². The Kier molecular flexibility index (Phi) is 3.51. The maximum atomic E-state index is 12.9. The fourth-order valence-corrected chi connectivity index (χ4v) is 5.56. The third-order valence-electron chi connectivity index (χ3n) is 7.05. The molecule has 3 heterocycles. The van der Waals surface area contributed by atoms with Crippen molar-refractivity contribution in [2.75, 3.05) is 0 Å². The molecule has 164 valence electrons. The number of hydrogen-bond acceptors (Lipinski definition) is 3. The Labute approximate surface area is 198 Å². The molecule has 0 aliphatic rings. The van der Waals surface area contributed by atoms with Gasteiger partial charge in [0, 0.05) is 21.5 Å². The number of benzene rings is 5. The number of fused-ring (bicyclic) bond motifs is 10. The summed E-state index contributed by atoms with van der Waals surface area (Å²) in [6, 6.07) is 34.3. The van der Waals surface area contributed by atoms with Crippen LogP contribution in [0, 0.1) is 0 Å². The predicted octanol–water partition coefficient (Wildman–Crippen LogP) is 7.94. The molecule has 0 saturated carbocycles. The van der Waals surface area contributed by atoms with Crippen molar-refractivity contribution in [3.05, 3.63) is 114 Å². The monoisotopic (exact) mass is 451 g/mol. The van der Waals surface area contributed by atoms with Gasteiger partial charge < -0.3 is 13.4 Å². The van der Waals surface area contributed by atoms with Crippen LogP contribution in [0.3, 0.4) is 0 Å². The lowest BCUT2D eigenvalue weighted by atomic mass is 10.1. The molecule has 0 fully saturated rings. The Morgan fingerprint density at radius 2 is 1.17 bits per heavy atom. The number of hydrogen-bond donors (Lipinski definition) is 0. The second-order valence-electron chi connectivity index (χ2n) is 8.88. The van der Waals surface area contributed by atoms with E-state index in [-0.39, 0.29) is 5.63 Å². The van der Waals surface area contributed by atoms with Gasteiger partial charge >= 0.3 is 5.63 Å². The summed E-state index contributed by atoms with van der Waals surface area (Å²) in [4.78, 5) is 12.9. The smallest absolute Gasteiger partial charge is 0.344 e. The zero-order valence-electron chi connectivity index (χ0n) is 18.5. The first-order valence-corrected chi connectivity index (χ1v) is 11.6. The molecule has 8 rings (SSSR count). The lowest BCUT2D eigenvalue weighted by Gasteiger charge is -2.11. The maximum absolute atomic E-state index is 12.9. The van der Waals surface area contributed by atoms with Crippen LogP contribution < -0.4 is 5.63 Å². The van der Waals surface area contributed by atoms with E-state index in [2.05, 4.69) is 34.9 Å². The van der Waals surface area contributed by atoms with Gasteiger partial charge in [0.05, 0.1) is 27.5 Å². The molecule has 0 unspecified atom stereocenters. The summed E-state index contributed by atoms with van der Waals surface area (Å²) < 4.78 is 14.5. The van der Waals surface area contributed by atoms with Crippen LogP contribution in [0.2, 0.25) is 0 Å². The molecule has 0 aliphatic carbocycles. The van der Waals surface area contributed by atoms with Crippen LogP contribution in [0.5, 0.6) is 0 Å². The molecule has 4 heteroatoms. The van der Waals surface area contributed by atoms with Crippen molar-refractivity contribution in [2.24, 2.45) is 0 Å². The predicted molar refractivity (Wildman–Crippen MR) is 142 cm³/mol. The van der Waals surface area contributed by atoms with Crippen LogP contribution in [-0.4, -0.2) is 4.57 Å². The van der Waals surface area contributed by atoms with E-state index < -0.39 is 0 Å². The fraction of sp³-hybridized carbons (Fsp3) is 0. The van der Waals surface area contributed by atoms with Crippen molar-refractivity contribution >= 4 is 65.5 Å². The van der Waals surface area contributed by atoms with Crippen molar-refractivity contribution in [1.29, 1.82) is 0 Å². The Balaban J connectivity index is 1.59. The van der Waals surface area contributed by atoms with Crippen molar-refractivity contribution < 1.29 is 8.83 Å². The van der Waals surface area contributed by atoms with Gasteiger partial charge in [0.25, 0.3) is 0 Å². The Bertz CT molecular complexity index is 2190. The fourth-order valence-electron chi connectivity index (χ4n) is 5.56. The van der Waals surface area contributed by atoms with Gasteiger partial charge in [-0.15, -0.1) is 0 Å². The van der Waals surface area contributed by atoms with E-state index >= 15 is 0 Å². The average molecular weight is 451 g/mol. The number of nitrogens with zero attached hydrogens (tertiary/aromatic N) is 1. The molecule has 5 aromatic carbocycles. The highest BCUT2D eigenvalue weighted by molar-refractivity contribution is 6.24. The van der Waals surface area contributed by atoms with Crippen molar-refractivity contribution in [3.63, 3.8) is 0 Å². The molecule has 8 aromatic rings. The minimum Gasteiger partial charge on any atom is -0.455 e. The van der Waals surface area contributed by atoms with Gasteiger partial charge in [-0.2, -0.15) is 0 Å². The second kappa shape index (κ2) is 6.61. The van der Waals surface area contributed by atoms with Gasteiger partial charge in [0.15, 0.2) is 5.58 Å². The quantitative estimate of drug-likeness (QED) is 0.188. The first kappa shape index (κ1) is 18.6. The minimum atomic E-state index is -0.332. The molecule has 4 nitrogen and oxygen atoms in total. The molecule has 0 radical (unpaired) electrons. The number of furan rings is 1. The number of aromatic nitrogens is 1. The van der Waals surface area contributed by atoms with E-state index in [0.29, 0.717) is 11.0 Å². The van der Waals surface area contributed by atoms with Gasteiger partial charge in [0.1, 0.15) is 11.2 Å². The summed E-state index contributed by atoms with van der Waals surface area (Å²) in [6.45, 7) is 0. The summed E-state index contributed by atoms with van der Waals surface area (Å²) in [6.07, 6.45) is 0. The average Bonchev–Trinajstić information content (AvgIpc) is 3.44. The highest BCUT2D eigenvalue weighted by atomic mass is 16.4. The van der Waals surface area contributed by atoms with E-state index in [9.17, 15) is 4.79 Å². The maximum Gasteiger partial charge on any atom is 0.344 e. The largest absolute Gasteiger partial charge is 0.455 e. The second-order valence-corrected chi connectivity index (χ2v) is 8.88. The number of rotatable bonds is 1. The van der Waals surface area contributed by atoms with Gasteiger partial charge in [-0.1, -0.05) is 66.7 Å². The number of para-hydroxylation sites is 3. The highest BCUT2D eigenvalue weighted by Crippen LogP contribution is 2.41. The SMILES string of the molecule is O=c1oc2c(-n3c4ccccc4c4c5oc6ccccc6c5ccc43)cccc2c2ccccc12. The molecule has 0 amide bonds. The molecular weight excluding hydrogens is 434 g/mol. The molecule has 0 bridgehead atoms. The Hall–Kier alpha value is -4.83. The summed E-state index contributed by atoms with van der Waals surface area (Å²) in [5.41, 5.74) is 4.83. The van der Waals surface area contributed by atoms with Gasteiger partial charge in [-0.25, -0.2) is 4.79 Å². The van der Waals surface area contributed by atoms with Crippen LogP contribution in [0.4, 0.5) is 0 Å². The first-order valence-electron chi connectivity index (χ1n) is 11.6. The lowest BCUT2D eigenvalue weighted by Crippen LogP contribution is -2.02. The third-order valence-corrected chi connectivity index (χ3v) is 7.05. The van der Waals surface area contributed by atoms with Gasteiger partial charge in [0.2, 0.25) is 0 Å². The van der Waals surface area contributed by atoms with Crippen LogP contribution in [0.25, 0.3) is 71.2 Å². The molecule has 0 spiro atoms. The summed E-state index contributed by atoms with van der Waals surface area (Å²) >= 11 is 0. The minimum absolute atomic E-state index is 0.332. The molecule has 3 aromatic heterocycles. The van der Waals surface area contributed by atoms with E-state index in [0.717, 1.165) is 60.2 Å². The first-order chi connectivity index (χ1) is 17.3. The molecule has 35 heavy (non-hydrogen) atoms. The third kappa shape index (κ3) is 2.38. The Morgan fingerprint density at radius 3 is 2.06 bits per heavy atom. The van der Waals surface area contributed by atoms with E-state index in [1.54, 1.807) is 0 Å². The van der Waals surface area contributed by atoms with E-state index in [4.69, 9.17) is 8.83 Å². The summed E-state index contributed by atoms with van der Waals surface area (Å²) in [7, 11) is 0. The summed E-state index contributed by atoms with van der Waals surface area (Å²) in [5.74, 6) is 0. The molecular formula is C31H17NO3. The van der Waals surface area contributed by atoms with Gasteiger partial charge in [-0.05, 0) is 41.8 Å². The molecule has 0 aliphatic heterocycles. The van der Waals surface area contributed by atoms with Gasteiger partial charge in [-0.3, -0.25) is 0 Å². The van der Waals surface area contributed by atoms with Crippen LogP contribution >= 0.6 is 0 Å². The molecule has 0 saturated heterocycles. The highest BCUT2D eigenvalue weighted by Gasteiger charge is 2.20. The van der Waals surface area contributed by atoms with E-state index in [1.807, 2.05) is 72.8 Å². The van der Waals surface area contributed by atoms with Crippen LogP contribution in [-0.2, 0) is 0 Å². The van der Waals surface area contributed by atoms with Crippen molar-refractivity contribution in [1.82, 2.24) is 4.57 Å². The van der Waals surface area contributed by atoms with Crippen molar-refractivity contribution in [3.8, 4) is 5.69 Å². The van der Waals surface area contributed by atoms with Crippen LogP contribution in [0.15, 0.2) is 117 Å². The van der Waals surface area contributed by atoms with E-state index in [1.165, 1.54) is 0 Å². The Morgan fingerprint density at radius 1 is 0.486 bits per heavy atom. The molecule has 0 atom stereocenters. The molecule has 0 N–H and O–H groups in total. The standard InChI is InChI=1S/C31H17NO3/c33-31-22-10-2-1-8-18(22)20-12-7-14-26(29(20)35-31)32-24-13-5-3-11-23(24)28-25(32)17-16-21-19-9-4-6-15-27(19)34-30(21)28/h1-17H. The normalized spacial score (nSPS) is 12.1. The van der Waals surface area contributed by atoms with Crippen molar-refractivity contribution in [2.45, 2.75) is 0 Å². The zero-order chi connectivity index (χ0) is 23.1. The zero-order valence-corrected chi connectivity index (χ0v) is 18.5. The lowest BCUT2D eigenvalue weighted by molar-refractivity contribution is 0.568.